The van der Waals surface area contributed by atoms with Gasteiger partial charge >= 0.3 is 0 Å². The van der Waals surface area contributed by atoms with Crippen molar-refractivity contribution in [3.63, 3.8) is 0 Å². The summed E-state index contributed by atoms with van der Waals surface area (Å²) in [4.78, 5) is 27.1. The Bertz CT molecular complexity index is 819. The van der Waals surface area contributed by atoms with Crippen LogP contribution in [-0.2, 0) is 4.79 Å². The SMILES string of the molecule is C[C@@H](NC(=O)CNc1nc(Cl)nc2nc[nH]c12)c1ccccc1. The number of amides is 1. The number of benzene rings is 1. The van der Waals surface area contributed by atoms with Crippen molar-refractivity contribution in [3.05, 3.63) is 47.5 Å². The lowest BCUT2D eigenvalue weighted by Gasteiger charge is -2.14. The first-order valence-corrected chi connectivity index (χ1v) is 7.46. The van der Waals surface area contributed by atoms with E-state index in [2.05, 4.69) is 30.6 Å². The fraction of sp³-hybridized carbons (Fsp3) is 0.200. The third-order valence-electron chi connectivity index (χ3n) is 3.35. The van der Waals surface area contributed by atoms with Gasteiger partial charge in [0.05, 0.1) is 18.9 Å². The van der Waals surface area contributed by atoms with Crippen LogP contribution in [0.5, 0.6) is 0 Å². The van der Waals surface area contributed by atoms with Crippen molar-refractivity contribution in [3.8, 4) is 0 Å². The summed E-state index contributed by atoms with van der Waals surface area (Å²) in [5.41, 5.74) is 2.10. The van der Waals surface area contributed by atoms with Crippen LogP contribution in [0.3, 0.4) is 0 Å². The normalized spacial score (nSPS) is 12.1. The van der Waals surface area contributed by atoms with Gasteiger partial charge in [0.15, 0.2) is 11.5 Å². The highest BCUT2D eigenvalue weighted by Crippen LogP contribution is 2.18. The quantitative estimate of drug-likeness (QED) is 0.624. The Kier molecular flexibility index (Phi) is 4.38. The van der Waals surface area contributed by atoms with Gasteiger partial charge in [0.25, 0.3) is 0 Å². The molecule has 0 aliphatic rings. The molecule has 3 rings (SSSR count). The van der Waals surface area contributed by atoms with Crippen LogP contribution in [0.2, 0.25) is 5.28 Å². The van der Waals surface area contributed by atoms with E-state index in [9.17, 15) is 4.79 Å². The minimum absolute atomic E-state index is 0.0681. The van der Waals surface area contributed by atoms with E-state index in [0.717, 1.165) is 5.56 Å². The standard InChI is InChI=1S/C15H15ClN6O/c1-9(10-5-3-2-4-6-10)20-11(23)7-17-13-12-14(19-8-18-12)22-15(16)21-13/h2-6,8-9H,7H2,1H3,(H,20,23)(H2,17,18,19,21,22)/t9-/m1/s1. The first-order chi connectivity index (χ1) is 11.1. The zero-order valence-corrected chi connectivity index (χ0v) is 13.1. The number of H-pyrrole nitrogens is 1. The number of aromatic nitrogens is 4. The van der Waals surface area contributed by atoms with Crippen LogP contribution < -0.4 is 10.6 Å². The lowest BCUT2D eigenvalue weighted by Crippen LogP contribution is -2.32. The molecule has 0 spiro atoms. The highest BCUT2D eigenvalue weighted by Gasteiger charge is 2.12. The fourth-order valence-corrected chi connectivity index (χ4v) is 2.38. The van der Waals surface area contributed by atoms with E-state index in [0.29, 0.717) is 17.0 Å². The van der Waals surface area contributed by atoms with E-state index in [1.165, 1.54) is 6.33 Å². The topological polar surface area (TPSA) is 95.6 Å². The largest absolute Gasteiger partial charge is 0.359 e. The third kappa shape index (κ3) is 3.57. The average molecular weight is 331 g/mol. The molecule has 0 saturated heterocycles. The Morgan fingerprint density at radius 1 is 1.30 bits per heavy atom. The summed E-state index contributed by atoms with van der Waals surface area (Å²) in [6.45, 7) is 2.00. The van der Waals surface area contributed by atoms with Crippen LogP contribution in [0.25, 0.3) is 11.2 Å². The first kappa shape index (κ1) is 15.2. The number of hydrogen-bond acceptors (Lipinski definition) is 5. The van der Waals surface area contributed by atoms with Crippen LogP contribution in [0.15, 0.2) is 36.7 Å². The smallest absolute Gasteiger partial charge is 0.239 e. The lowest BCUT2D eigenvalue weighted by molar-refractivity contribution is -0.120. The van der Waals surface area contributed by atoms with Gasteiger partial charge < -0.3 is 15.6 Å². The summed E-state index contributed by atoms with van der Waals surface area (Å²) in [5.74, 6) is 0.295. The van der Waals surface area contributed by atoms with Crippen LogP contribution in [-0.4, -0.2) is 32.4 Å². The number of imidazole rings is 1. The second kappa shape index (κ2) is 6.62. The maximum Gasteiger partial charge on any atom is 0.239 e. The van der Waals surface area contributed by atoms with Gasteiger partial charge in [-0.15, -0.1) is 0 Å². The summed E-state index contributed by atoms with van der Waals surface area (Å²) < 4.78 is 0. The number of halogens is 1. The molecule has 2 heterocycles. The maximum atomic E-state index is 12.1. The van der Waals surface area contributed by atoms with Crippen molar-refractivity contribution in [1.82, 2.24) is 25.3 Å². The Morgan fingerprint density at radius 3 is 2.87 bits per heavy atom. The zero-order valence-electron chi connectivity index (χ0n) is 12.4. The Hall–Kier alpha value is -2.67. The van der Waals surface area contributed by atoms with Crippen LogP contribution >= 0.6 is 11.6 Å². The minimum Gasteiger partial charge on any atom is -0.359 e. The number of fused-ring (bicyclic) bond motifs is 1. The van der Waals surface area contributed by atoms with Crippen molar-refractivity contribution in [1.29, 1.82) is 0 Å². The molecule has 2 aromatic heterocycles. The molecule has 3 N–H and O–H groups in total. The second-order valence-electron chi connectivity index (χ2n) is 5.00. The third-order valence-corrected chi connectivity index (χ3v) is 3.52. The molecule has 3 aromatic rings. The first-order valence-electron chi connectivity index (χ1n) is 7.08. The van der Waals surface area contributed by atoms with Crippen LogP contribution in [0.1, 0.15) is 18.5 Å². The Morgan fingerprint density at radius 2 is 2.09 bits per heavy atom. The summed E-state index contributed by atoms with van der Waals surface area (Å²) in [7, 11) is 0. The molecular weight excluding hydrogens is 316 g/mol. The van der Waals surface area contributed by atoms with E-state index < -0.39 is 0 Å². The monoisotopic (exact) mass is 330 g/mol. The Labute approximate surface area is 137 Å². The van der Waals surface area contributed by atoms with Crippen molar-refractivity contribution < 1.29 is 4.79 Å². The second-order valence-corrected chi connectivity index (χ2v) is 5.33. The number of anilines is 1. The van der Waals surface area contributed by atoms with Gasteiger partial charge in [0.2, 0.25) is 11.2 Å². The summed E-state index contributed by atoms with van der Waals surface area (Å²) in [5, 5.41) is 5.95. The van der Waals surface area contributed by atoms with Crippen LogP contribution in [0.4, 0.5) is 5.82 Å². The number of nitrogens with zero attached hydrogens (tertiary/aromatic N) is 3. The fourth-order valence-electron chi connectivity index (χ4n) is 2.22. The van der Waals surface area contributed by atoms with Gasteiger partial charge in [0, 0.05) is 0 Å². The lowest BCUT2D eigenvalue weighted by atomic mass is 10.1. The molecule has 0 saturated carbocycles. The predicted molar refractivity (Wildman–Crippen MR) is 88.2 cm³/mol. The highest BCUT2D eigenvalue weighted by atomic mass is 35.5. The van der Waals surface area contributed by atoms with Crippen molar-refractivity contribution in [2.45, 2.75) is 13.0 Å². The molecule has 0 aliphatic carbocycles. The number of aromatic amines is 1. The van der Waals surface area contributed by atoms with Crippen LogP contribution in [0, 0.1) is 0 Å². The minimum atomic E-state index is -0.149. The summed E-state index contributed by atoms with van der Waals surface area (Å²) in [6, 6.07) is 9.68. The van der Waals surface area contributed by atoms with E-state index >= 15 is 0 Å². The molecule has 7 nitrogen and oxygen atoms in total. The van der Waals surface area contributed by atoms with Gasteiger partial charge in [-0.05, 0) is 24.1 Å². The maximum absolute atomic E-state index is 12.1. The number of carbonyl (C=O) groups excluding carboxylic acids is 1. The van der Waals surface area contributed by atoms with E-state index in [-0.39, 0.29) is 23.8 Å². The van der Waals surface area contributed by atoms with E-state index in [1.54, 1.807) is 0 Å². The molecule has 0 fully saturated rings. The van der Waals surface area contributed by atoms with Gasteiger partial charge in [-0.3, -0.25) is 4.79 Å². The number of hydrogen-bond donors (Lipinski definition) is 3. The molecule has 1 aromatic carbocycles. The van der Waals surface area contributed by atoms with E-state index in [1.807, 2.05) is 37.3 Å². The molecule has 1 atom stereocenters. The van der Waals surface area contributed by atoms with Gasteiger partial charge in [-0.1, -0.05) is 30.3 Å². The molecule has 0 radical (unpaired) electrons. The molecule has 23 heavy (non-hydrogen) atoms. The van der Waals surface area contributed by atoms with Crippen molar-refractivity contribution in [2.75, 3.05) is 11.9 Å². The Balaban J connectivity index is 1.63. The van der Waals surface area contributed by atoms with Gasteiger partial charge in [0.1, 0.15) is 5.52 Å². The highest BCUT2D eigenvalue weighted by molar-refractivity contribution is 6.28. The molecule has 1 amide bonds. The molecule has 8 heteroatoms. The zero-order chi connectivity index (χ0) is 16.2. The summed E-state index contributed by atoms with van der Waals surface area (Å²) >= 11 is 5.84. The molecule has 0 unspecified atom stereocenters. The molecule has 0 bridgehead atoms. The predicted octanol–water partition coefficient (Wildman–Crippen LogP) is 2.30. The van der Waals surface area contributed by atoms with Crippen molar-refractivity contribution >= 4 is 34.5 Å². The molecule has 0 aliphatic heterocycles. The van der Waals surface area contributed by atoms with Crippen molar-refractivity contribution in [2.24, 2.45) is 0 Å². The number of carbonyl (C=O) groups is 1. The van der Waals surface area contributed by atoms with Gasteiger partial charge in [-0.2, -0.15) is 9.97 Å². The molecule has 118 valence electrons. The number of rotatable bonds is 5. The number of nitrogens with one attached hydrogen (secondary N) is 3. The average Bonchev–Trinajstić information content (AvgIpc) is 3.01. The summed E-state index contributed by atoms with van der Waals surface area (Å²) in [6.07, 6.45) is 1.50. The molecular formula is C15H15ClN6O. The van der Waals surface area contributed by atoms with E-state index in [4.69, 9.17) is 11.6 Å². The van der Waals surface area contributed by atoms with Gasteiger partial charge in [-0.25, -0.2) is 4.98 Å².